The van der Waals surface area contributed by atoms with Crippen molar-refractivity contribution in [3.8, 4) is 22.4 Å². The molecule has 1 fully saturated rings. The number of aromatic nitrogens is 2. The lowest BCUT2D eigenvalue weighted by Crippen LogP contribution is -2.49. The highest BCUT2D eigenvalue weighted by atomic mass is 19.4. The van der Waals surface area contributed by atoms with Crippen molar-refractivity contribution in [1.82, 2.24) is 19.2 Å². The molecule has 0 unspecified atom stereocenters. The highest BCUT2D eigenvalue weighted by Crippen LogP contribution is 2.33. The Morgan fingerprint density at radius 3 is 2.27 bits per heavy atom. The predicted molar refractivity (Wildman–Crippen MR) is 138 cm³/mol. The van der Waals surface area contributed by atoms with Gasteiger partial charge in [0.2, 0.25) is 5.91 Å². The van der Waals surface area contributed by atoms with Crippen LogP contribution in [0.2, 0.25) is 0 Å². The second-order valence-electron chi connectivity index (χ2n) is 9.75. The maximum Gasteiger partial charge on any atom is 0.416 e. The summed E-state index contributed by atoms with van der Waals surface area (Å²) < 4.78 is 42.0. The molecule has 1 aliphatic rings. The third-order valence-corrected chi connectivity index (χ3v) is 6.84. The van der Waals surface area contributed by atoms with Crippen LogP contribution in [0.25, 0.3) is 28.0 Å². The Morgan fingerprint density at radius 2 is 1.59 bits per heavy atom. The van der Waals surface area contributed by atoms with Crippen molar-refractivity contribution in [2.45, 2.75) is 26.6 Å². The molecule has 2 aromatic carbocycles. The molecule has 0 spiro atoms. The second-order valence-corrected chi connectivity index (χ2v) is 9.75. The van der Waals surface area contributed by atoms with Crippen molar-refractivity contribution in [2.75, 3.05) is 26.2 Å². The zero-order valence-electron chi connectivity index (χ0n) is 20.9. The maximum absolute atomic E-state index is 13.3. The van der Waals surface area contributed by atoms with Crippen LogP contribution in [0.15, 0.2) is 72.9 Å². The van der Waals surface area contributed by atoms with Gasteiger partial charge in [-0.1, -0.05) is 56.3 Å². The van der Waals surface area contributed by atoms with Crippen molar-refractivity contribution >= 4 is 11.6 Å². The summed E-state index contributed by atoms with van der Waals surface area (Å²) in [6, 6.07) is 19.0. The normalized spacial score (nSPS) is 15.0. The summed E-state index contributed by atoms with van der Waals surface area (Å²) >= 11 is 0. The first kappa shape index (κ1) is 25.0. The van der Waals surface area contributed by atoms with Gasteiger partial charge in [-0.3, -0.25) is 9.69 Å². The van der Waals surface area contributed by atoms with Crippen LogP contribution >= 0.6 is 0 Å². The van der Waals surface area contributed by atoms with Gasteiger partial charge in [-0.2, -0.15) is 13.2 Å². The number of halogens is 3. The Hall–Kier alpha value is -3.65. The largest absolute Gasteiger partial charge is 0.416 e. The smallest absolute Gasteiger partial charge is 0.340 e. The molecule has 0 bridgehead atoms. The Balaban J connectivity index is 1.51. The monoisotopic (exact) mass is 506 g/mol. The van der Waals surface area contributed by atoms with Crippen molar-refractivity contribution in [3.63, 3.8) is 0 Å². The summed E-state index contributed by atoms with van der Waals surface area (Å²) in [6.07, 6.45) is -2.53. The molecule has 0 aliphatic carbocycles. The van der Waals surface area contributed by atoms with E-state index in [0.29, 0.717) is 30.8 Å². The van der Waals surface area contributed by atoms with E-state index in [2.05, 4.69) is 4.90 Å². The van der Waals surface area contributed by atoms with E-state index in [-0.39, 0.29) is 11.8 Å². The first-order valence-electron chi connectivity index (χ1n) is 12.5. The van der Waals surface area contributed by atoms with Gasteiger partial charge >= 0.3 is 6.18 Å². The number of carbonyl (C=O) groups excluding carboxylic acids is 1. The molecule has 3 heterocycles. The third-order valence-electron chi connectivity index (χ3n) is 6.84. The Bertz CT molecular complexity index is 1400. The standard InChI is InChI=1S/C29H29F3N4O/c1-20(2)28(37)35-15-13-34(14-16-35)19-25-27(21-7-4-3-5-8-21)33-26-12-11-23(18-36(25)26)22-9-6-10-24(17-22)29(30,31)32/h3-12,17-18,20H,13-16,19H2,1-2H3. The molecule has 5 nitrogen and oxygen atoms in total. The van der Waals surface area contributed by atoms with Gasteiger partial charge in [-0.25, -0.2) is 4.98 Å². The number of pyridine rings is 1. The molecule has 37 heavy (non-hydrogen) atoms. The van der Waals surface area contributed by atoms with Gasteiger partial charge in [0.15, 0.2) is 0 Å². The molecule has 192 valence electrons. The summed E-state index contributed by atoms with van der Waals surface area (Å²) in [4.78, 5) is 21.5. The molecular formula is C29H29F3N4O. The van der Waals surface area contributed by atoms with Crippen LogP contribution in [-0.2, 0) is 17.5 Å². The van der Waals surface area contributed by atoms with Gasteiger partial charge in [0.1, 0.15) is 5.65 Å². The molecule has 0 atom stereocenters. The molecule has 1 saturated heterocycles. The minimum atomic E-state index is -4.40. The van der Waals surface area contributed by atoms with E-state index in [0.717, 1.165) is 41.8 Å². The number of amides is 1. The first-order valence-corrected chi connectivity index (χ1v) is 12.5. The quantitative estimate of drug-likeness (QED) is 0.334. The Kier molecular flexibility index (Phi) is 6.77. The number of hydrogen-bond donors (Lipinski definition) is 0. The van der Waals surface area contributed by atoms with Crippen LogP contribution < -0.4 is 0 Å². The van der Waals surface area contributed by atoms with E-state index in [1.807, 2.05) is 71.8 Å². The van der Waals surface area contributed by atoms with Crippen LogP contribution in [-0.4, -0.2) is 51.3 Å². The molecular weight excluding hydrogens is 477 g/mol. The molecule has 4 aromatic rings. The van der Waals surface area contributed by atoms with Crippen molar-refractivity contribution < 1.29 is 18.0 Å². The number of rotatable bonds is 5. The van der Waals surface area contributed by atoms with Crippen molar-refractivity contribution in [2.24, 2.45) is 5.92 Å². The third kappa shape index (κ3) is 5.25. The van der Waals surface area contributed by atoms with Crippen LogP contribution in [0, 0.1) is 5.92 Å². The average Bonchev–Trinajstić information content (AvgIpc) is 3.26. The number of piperazine rings is 1. The zero-order valence-corrected chi connectivity index (χ0v) is 20.9. The number of alkyl halides is 3. The summed E-state index contributed by atoms with van der Waals surface area (Å²) in [7, 11) is 0. The minimum Gasteiger partial charge on any atom is -0.340 e. The number of fused-ring (bicyclic) bond motifs is 1. The average molecular weight is 507 g/mol. The van der Waals surface area contributed by atoms with Crippen LogP contribution in [0.4, 0.5) is 13.2 Å². The van der Waals surface area contributed by atoms with Crippen LogP contribution in [0.3, 0.4) is 0 Å². The van der Waals surface area contributed by atoms with Crippen molar-refractivity contribution in [3.05, 3.63) is 84.2 Å². The van der Waals surface area contributed by atoms with Gasteiger partial charge < -0.3 is 9.30 Å². The summed E-state index contributed by atoms with van der Waals surface area (Å²) in [5, 5.41) is 0. The number of benzene rings is 2. The van der Waals surface area contributed by atoms with E-state index >= 15 is 0 Å². The van der Waals surface area contributed by atoms with E-state index in [1.54, 1.807) is 6.07 Å². The fourth-order valence-corrected chi connectivity index (χ4v) is 4.82. The highest BCUT2D eigenvalue weighted by Gasteiger charge is 2.30. The molecule has 5 rings (SSSR count). The minimum absolute atomic E-state index is 0.0238. The molecule has 0 saturated carbocycles. The Morgan fingerprint density at radius 1 is 0.892 bits per heavy atom. The van der Waals surface area contributed by atoms with Gasteiger partial charge in [0.05, 0.1) is 17.0 Å². The van der Waals surface area contributed by atoms with Crippen LogP contribution in [0.5, 0.6) is 0 Å². The topological polar surface area (TPSA) is 40.9 Å². The second kappa shape index (κ2) is 10.0. The van der Waals surface area contributed by atoms with Crippen molar-refractivity contribution in [1.29, 1.82) is 0 Å². The Labute approximate surface area is 214 Å². The lowest BCUT2D eigenvalue weighted by Gasteiger charge is -2.35. The van der Waals surface area contributed by atoms with E-state index < -0.39 is 11.7 Å². The SMILES string of the molecule is CC(C)C(=O)N1CCN(Cc2c(-c3ccccc3)nc3ccc(-c4cccc(C(F)(F)F)c4)cn23)CC1. The lowest BCUT2D eigenvalue weighted by molar-refractivity contribution is -0.137. The summed E-state index contributed by atoms with van der Waals surface area (Å²) in [5.41, 5.74) is 4.05. The van der Waals surface area contributed by atoms with E-state index in [1.165, 1.54) is 12.1 Å². The molecule has 0 N–H and O–H groups in total. The van der Waals surface area contributed by atoms with Gasteiger partial charge in [-0.15, -0.1) is 0 Å². The molecule has 1 amide bonds. The van der Waals surface area contributed by atoms with E-state index in [9.17, 15) is 18.0 Å². The van der Waals surface area contributed by atoms with Gasteiger partial charge in [0, 0.05) is 50.4 Å². The first-order chi connectivity index (χ1) is 17.7. The van der Waals surface area contributed by atoms with Gasteiger partial charge in [-0.05, 0) is 35.4 Å². The molecule has 2 aromatic heterocycles. The molecule has 8 heteroatoms. The van der Waals surface area contributed by atoms with E-state index in [4.69, 9.17) is 4.98 Å². The zero-order chi connectivity index (χ0) is 26.2. The number of carbonyl (C=O) groups is 1. The maximum atomic E-state index is 13.3. The van der Waals surface area contributed by atoms with Gasteiger partial charge in [0.25, 0.3) is 0 Å². The van der Waals surface area contributed by atoms with Crippen LogP contribution in [0.1, 0.15) is 25.1 Å². The molecule has 1 aliphatic heterocycles. The predicted octanol–water partition coefficient (Wildman–Crippen LogP) is 5.99. The molecule has 0 radical (unpaired) electrons. The fraction of sp³-hybridized carbons (Fsp3) is 0.310. The fourth-order valence-electron chi connectivity index (χ4n) is 4.82. The number of nitrogens with zero attached hydrogens (tertiary/aromatic N) is 4. The number of imidazole rings is 1. The summed E-state index contributed by atoms with van der Waals surface area (Å²) in [5.74, 6) is 0.148. The number of hydrogen-bond acceptors (Lipinski definition) is 3. The summed E-state index contributed by atoms with van der Waals surface area (Å²) in [6.45, 7) is 7.28. The highest BCUT2D eigenvalue weighted by molar-refractivity contribution is 5.78. The lowest BCUT2D eigenvalue weighted by atomic mass is 10.0.